The van der Waals surface area contributed by atoms with Crippen molar-refractivity contribution in [3.05, 3.63) is 60.2 Å². The van der Waals surface area contributed by atoms with E-state index in [1.54, 1.807) is 0 Å². The maximum absolute atomic E-state index is 10.3. The van der Waals surface area contributed by atoms with E-state index in [0.29, 0.717) is 19.2 Å². The number of ether oxygens (including phenoxy) is 1. The van der Waals surface area contributed by atoms with Gasteiger partial charge in [0, 0.05) is 31.4 Å². The largest absolute Gasteiger partial charge is 0.491 e. The molecule has 2 aromatic carbocycles. The molecule has 25 heavy (non-hydrogen) atoms. The predicted molar refractivity (Wildman–Crippen MR) is 102 cm³/mol. The quantitative estimate of drug-likeness (QED) is 0.812. The number of para-hydroxylation sites is 1. The van der Waals surface area contributed by atoms with E-state index in [9.17, 15) is 5.11 Å². The van der Waals surface area contributed by atoms with Crippen LogP contribution in [0.4, 0.5) is 5.69 Å². The number of rotatable bonds is 7. The van der Waals surface area contributed by atoms with Crippen LogP contribution < -0.4 is 10.1 Å². The van der Waals surface area contributed by atoms with Crippen LogP contribution in [0, 0.1) is 6.92 Å². The number of nitrogens with one attached hydrogen (secondary N) is 1. The topological polar surface area (TPSA) is 44.7 Å². The fraction of sp³-hybridized carbons (Fsp3) is 0.429. The molecule has 4 nitrogen and oxygen atoms in total. The number of anilines is 1. The van der Waals surface area contributed by atoms with Gasteiger partial charge in [0.2, 0.25) is 0 Å². The fourth-order valence-corrected chi connectivity index (χ4v) is 3.28. The second-order valence-corrected chi connectivity index (χ2v) is 6.87. The lowest BCUT2D eigenvalue weighted by Crippen LogP contribution is -2.43. The van der Waals surface area contributed by atoms with Gasteiger partial charge in [0.25, 0.3) is 0 Å². The molecule has 0 aliphatic carbocycles. The monoisotopic (exact) mass is 340 g/mol. The Morgan fingerprint density at radius 3 is 2.60 bits per heavy atom. The number of nitrogens with zero attached hydrogens (tertiary/aromatic N) is 1. The van der Waals surface area contributed by atoms with E-state index in [0.717, 1.165) is 31.7 Å². The van der Waals surface area contributed by atoms with Gasteiger partial charge in [-0.05, 0) is 49.6 Å². The van der Waals surface area contributed by atoms with E-state index in [-0.39, 0.29) is 0 Å². The van der Waals surface area contributed by atoms with Crippen LogP contribution in [0.5, 0.6) is 5.75 Å². The number of likely N-dealkylation sites (tertiary alicyclic amines) is 1. The Labute approximate surface area is 150 Å². The number of aliphatic hydroxyl groups is 1. The summed E-state index contributed by atoms with van der Waals surface area (Å²) in [4.78, 5) is 2.33. The summed E-state index contributed by atoms with van der Waals surface area (Å²) in [5.41, 5.74) is 2.35. The average molecular weight is 340 g/mol. The number of piperidine rings is 1. The minimum atomic E-state index is -0.459. The van der Waals surface area contributed by atoms with E-state index < -0.39 is 6.10 Å². The van der Waals surface area contributed by atoms with Gasteiger partial charge < -0.3 is 20.1 Å². The Hall–Kier alpha value is -2.04. The molecule has 134 valence electrons. The molecule has 0 spiro atoms. The van der Waals surface area contributed by atoms with Crippen LogP contribution in [-0.4, -0.2) is 48.4 Å². The molecule has 1 atom stereocenters. The lowest BCUT2D eigenvalue weighted by atomic mass is 10.0. The summed E-state index contributed by atoms with van der Waals surface area (Å²) in [7, 11) is 0. The highest BCUT2D eigenvalue weighted by Crippen LogP contribution is 2.17. The van der Waals surface area contributed by atoms with Crippen molar-refractivity contribution in [2.75, 3.05) is 31.6 Å². The molecule has 0 aromatic heterocycles. The molecule has 4 heteroatoms. The average Bonchev–Trinajstić information content (AvgIpc) is 2.63. The van der Waals surface area contributed by atoms with Crippen LogP contribution in [0.1, 0.15) is 18.4 Å². The van der Waals surface area contributed by atoms with Crippen molar-refractivity contribution in [2.24, 2.45) is 0 Å². The number of aryl methyl sites for hydroxylation is 1. The number of hydrogen-bond donors (Lipinski definition) is 2. The fourth-order valence-electron chi connectivity index (χ4n) is 3.28. The van der Waals surface area contributed by atoms with E-state index in [1.165, 1.54) is 11.3 Å². The third kappa shape index (κ3) is 5.76. The first-order valence-electron chi connectivity index (χ1n) is 9.10. The molecule has 1 aliphatic rings. The lowest BCUT2D eigenvalue weighted by Gasteiger charge is -2.33. The minimum Gasteiger partial charge on any atom is -0.491 e. The van der Waals surface area contributed by atoms with Gasteiger partial charge >= 0.3 is 0 Å². The first kappa shape index (κ1) is 17.8. The molecule has 2 aromatic rings. The van der Waals surface area contributed by atoms with Gasteiger partial charge in [-0.2, -0.15) is 0 Å². The highest BCUT2D eigenvalue weighted by atomic mass is 16.5. The number of β-amino-alcohol motifs (C(OH)–C–C–N with tert-alkyl or cyclic N) is 1. The van der Waals surface area contributed by atoms with Crippen molar-refractivity contribution in [1.29, 1.82) is 0 Å². The maximum Gasteiger partial charge on any atom is 0.119 e. The van der Waals surface area contributed by atoms with Crippen molar-refractivity contribution in [3.8, 4) is 5.75 Å². The molecule has 2 N–H and O–H groups in total. The second-order valence-electron chi connectivity index (χ2n) is 6.87. The summed E-state index contributed by atoms with van der Waals surface area (Å²) in [6.45, 7) is 5.06. The predicted octanol–water partition coefficient (Wildman–Crippen LogP) is 3.31. The normalized spacial score (nSPS) is 17.2. The molecule has 1 aliphatic heterocycles. The Morgan fingerprint density at radius 2 is 1.88 bits per heavy atom. The highest BCUT2D eigenvalue weighted by Gasteiger charge is 2.21. The van der Waals surface area contributed by atoms with Crippen LogP contribution in [0.15, 0.2) is 54.6 Å². The van der Waals surface area contributed by atoms with E-state index in [2.05, 4.69) is 34.5 Å². The summed E-state index contributed by atoms with van der Waals surface area (Å²) < 4.78 is 5.70. The van der Waals surface area contributed by atoms with Gasteiger partial charge in [0.05, 0.1) is 0 Å². The smallest absolute Gasteiger partial charge is 0.119 e. The molecular formula is C21H28N2O2. The molecule has 0 radical (unpaired) electrons. The summed E-state index contributed by atoms with van der Waals surface area (Å²) in [5, 5.41) is 13.8. The third-order valence-electron chi connectivity index (χ3n) is 4.63. The molecule has 1 fully saturated rings. The van der Waals surface area contributed by atoms with Crippen LogP contribution >= 0.6 is 0 Å². The summed E-state index contributed by atoms with van der Waals surface area (Å²) >= 11 is 0. The van der Waals surface area contributed by atoms with E-state index in [4.69, 9.17) is 4.74 Å². The zero-order valence-corrected chi connectivity index (χ0v) is 14.9. The van der Waals surface area contributed by atoms with Gasteiger partial charge in [-0.3, -0.25) is 0 Å². The Kier molecular flexibility index (Phi) is 6.31. The molecule has 1 saturated heterocycles. The van der Waals surface area contributed by atoms with E-state index in [1.807, 2.05) is 37.3 Å². The maximum atomic E-state index is 10.3. The lowest BCUT2D eigenvalue weighted by molar-refractivity contribution is 0.0605. The molecule has 0 saturated carbocycles. The SMILES string of the molecule is Cc1cccc(OCC(O)CN2CCC(Nc3ccccc3)CC2)c1. The highest BCUT2D eigenvalue weighted by molar-refractivity contribution is 5.43. The minimum absolute atomic E-state index is 0.339. The Balaban J connectivity index is 1.37. The molecular weight excluding hydrogens is 312 g/mol. The van der Waals surface area contributed by atoms with Crippen LogP contribution in [0.25, 0.3) is 0 Å². The van der Waals surface area contributed by atoms with Gasteiger partial charge in [0.15, 0.2) is 0 Å². The van der Waals surface area contributed by atoms with Gasteiger partial charge in [-0.1, -0.05) is 30.3 Å². The Bertz CT molecular complexity index is 639. The van der Waals surface area contributed by atoms with Crippen LogP contribution in [-0.2, 0) is 0 Å². The molecule has 0 bridgehead atoms. The summed E-state index contributed by atoms with van der Waals surface area (Å²) in [6.07, 6.45) is 1.74. The zero-order valence-electron chi connectivity index (χ0n) is 14.9. The molecule has 0 amide bonds. The van der Waals surface area contributed by atoms with Crippen molar-refractivity contribution in [1.82, 2.24) is 4.90 Å². The molecule has 3 rings (SSSR count). The second kappa shape index (κ2) is 8.88. The summed E-state index contributed by atoms with van der Waals surface area (Å²) in [5.74, 6) is 0.824. The van der Waals surface area contributed by atoms with Crippen LogP contribution in [0.2, 0.25) is 0 Å². The van der Waals surface area contributed by atoms with Gasteiger partial charge in [0.1, 0.15) is 18.5 Å². The molecule has 1 heterocycles. The van der Waals surface area contributed by atoms with Gasteiger partial charge in [-0.15, -0.1) is 0 Å². The van der Waals surface area contributed by atoms with Crippen LogP contribution in [0.3, 0.4) is 0 Å². The molecule has 1 unspecified atom stereocenters. The van der Waals surface area contributed by atoms with Crippen molar-refractivity contribution in [2.45, 2.75) is 31.9 Å². The standard InChI is InChI=1S/C21H28N2O2/c1-17-6-5-9-21(14-17)25-16-20(24)15-23-12-10-19(11-13-23)22-18-7-3-2-4-8-18/h2-9,14,19-20,22,24H,10-13,15-16H2,1H3. The van der Waals surface area contributed by atoms with E-state index >= 15 is 0 Å². The van der Waals surface area contributed by atoms with Gasteiger partial charge in [-0.25, -0.2) is 0 Å². The zero-order chi connectivity index (χ0) is 17.5. The summed E-state index contributed by atoms with van der Waals surface area (Å²) in [6, 6.07) is 18.8. The van der Waals surface area contributed by atoms with Crippen molar-refractivity contribution >= 4 is 5.69 Å². The number of benzene rings is 2. The van der Waals surface area contributed by atoms with Crippen molar-refractivity contribution in [3.63, 3.8) is 0 Å². The number of hydrogen-bond acceptors (Lipinski definition) is 4. The Morgan fingerprint density at radius 1 is 1.12 bits per heavy atom. The first-order chi connectivity index (χ1) is 12.2. The third-order valence-corrected chi connectivity index (χ3v) is 4.63. The number of aliphatic hydroxyl groups excluding tert-OH is 1. The van der Waals surface area contributed by atoms with Crippen molar-refractivity contribution < 1.29 is 9.84 Å². The first-order valence-corrected chi connectivity index (χ1v) is 9.10.